The van der Waals surface area contributed by atoms with Crippen molar-refractivity contribution in [3.8, 4) is 0 Å². The molecule has 0 fully saturated rings. The van der Waals surface area contributed by atoms with Crippen molar-refractivity contribution in [2.24, 2.45) is 0 Å². The summed E-state index contributed by atoms with van der Waals surface area (Å²) in [5.41, 5.74) is 0. The summed E-state index contributed by atoms with van der Waals surface area (Å²) in [5, 5.41) is -0.0487. The van der Waals surface area contributed by atoms with Gasteiger partial charge in [-0.25, -0.2) is 18.1 Å². The Kier molecular flexibility index (Phi) is 5.81. The van der Waals surface area contributed by atoms with Crippen molar-refractivity contribution < 1.29 is 13.2 Å². The molecule has 1 heterocycles. The van der Waals surface area contributed by atoms with Crippen molar-refractivity contribution in [1.29, 1.82) is 0 Å². The summed E-state index contributed by atoms with van der Waals surface area (Å²) in [6.07, 6.45) is 2.03. The summed E-state index contributed by atoms with van der Waals surface area (Å²) in [6, 6.07) is 1.41. The lowest BCUT2D eigenvalue weighted by molar-refractivity contribution is 0.196. The minimum atomic E-state index is -3.62. The van der Waals surface area contributed by atoms with Gasteiger partial charge in [-0.2, -0.15) is 0 Å². The third kappa shape index (κ3) is 4.51. The maximum absolute atomic E-state index is 11.9. The van der Waals surface area contributed by atoms with E-state index in [1.165, 1.54) is 12.3 Å². The van der Waals surface area contributed by atoms with Gasteiger partial charge in [-0.1, -0.05) is 11.6 Å². The number of pyridine rings is 1. The van der Waals surface area contributed by atoms with E-state index in [2.05, 4.69) is 25.6 Å². The number of hydrogen-bond donors (Lipinski definition) is 1. The summed E-state index contributed by atoms with van der Waals surface area (Å²) in [7, 11) is -2.06. The summed E-state index contributed by atoms with van der Waals surface area (Å²) in [5.74, 6) is 0. The molecule has 0 aliphatic carbocycles. The number of sulfonamides is 1. The van der Waals surface area contributed by atoms with Crippen LogP contribution in [0.5, 0.6) is 0 Å². The average Bonchev–Trinajstić information content (AvgIpc) is 2.28. The van der Waals surface area contributed by atoms with Crippen molar-refractivity contribution in [2.45, 2.75) is 11.3 Å². The van der Waals surface area contributed by atoms with E-state index in [-0.39, 0.29) is 10.0 Å². The standard InChI is InChI=1S/C9H12BrClN2O3S/c1-16-4-2-3-13-17(14,15)8-5-7(10)6-12-9(8)11/h5-6,13H,2-4H2,1H3. The molecular weight excluding hydrogens is 332 g/mol. The first kappa shape index (κ1) is 14.8. The van der Waals surface area contributed by atoms with Gasteiger partial charge in [0.1, 0.15) is 10.0 Å². The Morgan fingerprint density at radius 3 is 2.94 bits per heavy atom. The number of nitrogens with one attached hydrogen (secondary N) is 1. The Labute approximate surface area is 114 Å². The topological polar surface area (TPSA) is 68.3 Å². The van der Waals surface area contributed by atoms with Crippen molar-refractivity contribution >= 4 is 37.6 Å². The van der Waals surface area contributed by atoms with Crippen LogP contribution in [0.1, 0.15) is 6.42 Å². The van der Waals surface area contributed by atoms with Crippen LogP contribution < -0.4 is 4.72 Å². The van der Waals surface area contributed by atoms with E-state index in [9.17, 15) is 8.42 Å². The lowest BCUT2D eigenvalue weighted by atomic mass is 10.5. The van der Waals surface area contributed by atoms with Crippen LogP contribution in [0, 0.1) is 0 Å². The fraction of sp³-hybridized carbons (Fsp3) is 0.444. The molecule has 0 spiro atoms. The third-order valence-electron chi connectivity index (χ3n) is 1.88. The van der Waals surface area contributed by atoms with E-state index in [1.54, 1.807) is 7.11 Å². The monoisotopic (exact) mass is 342 g/mol. The highest BCUT2D eigenvalue weighted by Gasteiger charge is 2.18. The first-order valence-corrected chi connectivity index (χ1v) is 7.42. The molecule has 5 nitrogen and oxygen atoms in total. The summed E-state index contributed by atoms with van der Waals surface area (Å²) in [6.45, 7) is 0.784. The molecule has 17 heavy (non-hydrogen) atoms. The SMILES string of the molecule is COCCCNS(=O)(=O)c1cc(Br)cnc1Cl. The Balaban J connectivity index is 2.79. The molecule has 1 N–H and O–H groups in total. The smallest absolute Gasteiger partial charge is 0.243 e. The molecule has 0 saturated heterocycles. The van der Waals surface area contributed by atoms with Gasteiger partial charge >= 0.3 is 0 Å². The lowest BCUT2D eigenvalue weighted by Crippen LogP contribution is -2.26. The predicted octanol–water partition coefficient (Wildman–Crippen LogP) is 1.81. The molecule has 1 rings (SSSR count). The van der Waals surface area contributed by atoms with Crippen molar-refractivity contribution in [3.63, 3.8) is 0 Å². The maximum atomic E-state index is 11.9. The molecule has 96 valence electrons. The molecule has 0 atom stereocenters. The van der Waals surface area contributed by atoms with Gasteiger partial charge < -0.3 is 4.74 Å². The molecule has 0 aliphatic rings. The van der Waals surface area contributed by atoms with Crippen LogP contribution in [-0.4, -0.2) is 33.7 Å². The zero-order valence-electron chi connectivity index (χ0n) is 9.11. The Hall–Kier alpha value is -0.210. The molecule has 0 unspecified atom stereocenters. The normalized spacial score (nSPS) is 11.7. The van der Waals surface area contributed by atoms with Gasteiger partial charge in [0.05, 0.1) is 0 Å². The summed E-state index contributed by atoms with van der Waals surface area (Å²) in [4.78, 5) is 3.73. The maximum Gasteiger partial charge on any atom is 0.243 e. The van der Waals surface area contributed by atoms with Crippen LogP contribution in [0.15, 0.2) is 21.6 Å². The zero-order valence-corrected chi connectivity index (χ0v) is 12.3. The molecule has 0 saturated carbocycles. The quantitative estimate of drug-likeness (QED) is 0.632. The number of halogens is 2. The summed E-state index contributed by atoms with van der Waals surface area (Å²) < 4.78 is 31.5. The average molecular weight is 344 g/mol. The van der Waals surface area contributed by atoms with Crippen LogP contribution in [-0.2, 0) is 14.8 Å². The molecule has 1 aromatic rings. The lowest BCUT2D eigenvalue weighted by Gasteiger charge is -2.07. The number of rotatable bonds is 6. The van der Waals surface area contributed by atoms with Crippen molar-refractivity contribution in [3.05, 3.63) is 21.9 Å². The molecule has 0 amide bonds. The Morgan fingerprint density at radius 1 is 1.59 bits per heavy atom. The highest BCUT2D eigenvalue weighted by molar-refractivity contribution is 9.10. The van der Waals surface area contributed by atoms with Crippen LogP contribution in [0.2, 0.25) is 5.15 Å². The van der Waals surface area contributed by atoms with Gasteiger partial charge in [-0.15, -0.1) is 0 Å². The largest absolute Gasteiger partial charge is 0.385 e. The van der Waals surface area contributed by atoms with E-state index in [0.29, 0.717) is 24.0 Å². The predicted molar refractivity (Wildman–Crippen MR) is 68.6 cm³/mol. The first-order chi connectivity index (χ1) is 7.97. The minimum Gasteiger partial charge on any atom is -0.385 e. The Morgan fingerprint density at radius 2 is 2.29 bits per heavy atom. The fourth-order valence-corrected chi connectivity index (χ4v) is 3.11. The summed E-state index contributed by atoms with van der Waals surface area (Å²) >= 11 is 8.89. The first-order valence-electron chi connectivity index (χ1n) is 4.77. The highest BCUT2D eigenvalue weighted by atomic mass is 79.9. The van der Waals surface area contributed by atoms with Crippen molar-refractivity contribution in [2.75, 3.05) is 20.3 Å². The van der Waals surface area contributed by atoms with Crippen LogP contribution in [0.25, 0.3) is 0 Å². The number of aromatic nitrogens is 1. The van der Waals surface area contributed by atoms with E-state index in [1.807, 2.05) is 0 Å². The van der Waals surface area contributed by atoms with Crippen LogP contribution >= 0.6 is 27.5 Å². The van der Waals surface area contributed by atoms with E-state index < -0.39 is 10.0 Å². The second-order valence-electron chi connectivity index (χ2n) is 3.19. The second-order valence-corrected chi connectivity index (χ2v) is 6.20. The molecule has 0 bridgehead atoms. The van der Waals surface area contributed by atoms with Gasteiger partial charge in [0.2, 0.25) is 10.0 Å². The molecule has 0 radical (unpaired) electrons. The van der Waals surface area contributed by atoms with Gasteiger partial charge in [0, 0.05) is 30.9 Å². The molecule has 1 aromatic heterocycles. The van der Waals surface area contributed by atoms with E-state index in [4.69, 9.17) is 16.3 Å². The molecule has 0 aliphatic heterocycles. The third-order valence-corrected chi connectivity index (χ3v) is 4.20. The number of methoxy groups -OCH3 is 1. The van der Waals surface area contributed by atoms with Crippen molar-refractivity contribution in [1.82, 2.24) is 9.71 Å². The van der Waals surface area contributed by atoms with Gasteiger partial charge in [0.15, 0.2) is 0 Å². The van der Waals surface area contributed by atoms with Crippen LogP contribution in [0.4, 0.5) is 0 Å². The minimum absolute atomic E-state index is 0.0361. The molecule has 8 heteroatoms. The van der Waals surface area contributed by atoms with Gasteiger partial charge in [-0.05, 0) is 28.4 Å². The van der Waals surface area contributed by atoms with Gasteiger partial charge in [0.25, 0.3) is 0 Å². The highest BCUT2D eigenvalue weighted by Crippen LogP contribution is 2.22. The van der Waals surface area contributed by atoms with E-state index >= 15 is 0 Å². The van der Waals surface area contributed by atoms with Gasteiger partial charge in [-0.3, -0.25) is 0 Å². The molecule has 0 aromatic carbocycles. The second kappa shape index (κ2) is 6.65. The van der Waals surface area contributed by atoms with E-state index in [0.717, 1.165) is 0 Å². The fourth-order valence-electron chi connectivity index (χ4n) is 1.09. The number of ether oxygens (including phenoxy) is 1. The number of nitrogens with zero attached hydrogens (tertiary/aromatic N) is 1. The Bertz CT molecular complexity index is 481. The zero-order chi connectivity index (χ0) is 12.9. The number of hydrogen-bond acceptors (Lipinski definition) is 4. The molecular formula is C9H12BrClN2O3S. The van der Waals surface area contributed by atoms with Crippen LogP contribution in [0.3, 0.4) is 0 Å².